The first-order chi connectivity index (χ1) is 40.7. The Labute approximate surface area is 519 Å². The van der Waals surface area contributed by atoms with Gasteiger partial charge in [0.05, 0.1) is 18.1 Å². The Morgan fingerprint density at radius 1 is 0.551 bits per heavy atom. The molecule has 5 aliphatic carbocycles. The summed E-state index contributed by atoms with van der Waals surface area (Å²) in [5.74, 6) is -6.32. The molecule has 36 heteroatoms. The molecule has 6 fully saturated rings. The second-order valence-corrected chi connectivity index (χ2v) is 32.0. The average Bonchev–Trinajstić information content (AvgIpc) is 0.727. The lowest BCUT2D eigenvalue weighted by Crippen LogP contribution is -2.69. The van der Waals surface area contributed by atoms with Gasteiger partial charge in [-0.3, -0.25) is 32.4 Å². The molecule has 512 valence electrons. The van der Waals surface area contributed by atoms with Gasteiger partial charge in [-0.25, -0.2) is 30.5 Å². The van der Waals surface area contributed by atoms with Crippen molar-refractivity contribution in [3.8, 4) is 0 Å². The third kappa shape index (κ3) is 16.2. The number of ether oxygens (including phenoxy) is 5. The highest BCUT2D eigenvalue weighted by Crippen LogP contribution is 2.75. The Morgan fingerprint density at radius 2 is 1.00 bits per heavy atom. The first kappa shape index (κ1) is 73.4. The summed E-state index contributed by atoms with van der Waals surface area (Å²) in [5, 5.41) is 20.7. The van der Waals surface area contributed by atoms with Gasteiger partial charge in [0.25, 0.3) is 0 Å². The van der Waals surface area contributed by atoms with Crippen LogP contribution in [-0.2, 0) is 116 Å². The molecule has 7 unspecified atom stereocenters. The van der Waals surface area contributed by atoms with Crippen LogP contribution in [0, 0.1) is 50.2 Å². The van der Waals surface area contributed by atoms with Crippen LogP contribution in [0.15, 0.2) is 11.6 Å². The minimum Gasteiger partial charge on any atom is -0.479 e. The SMILES string of the molecule is CCCCCCCCCCCOC(=O)[C@@]1(C)CCC2(C)CC[C@]3(C)C(=CC(=O)C4C5(C)CCC(O[C@@H]6O[C@H](C(=O)O)[C@@H](OS(=O)(=O)O)[C@H](OS(=O)(=O)O)[C@H]6O[C@@H]6O[C@H](C(=O)O)[C@@H](OS(=O)(=O)O)[C@H](OS(=O)(=O)O)[C@H]6OS(=O)(=O)O)C(C)(C)C5CCC43C)C2C1. The van der Waals surface area contributed by atoms with Crippen molar-refractivity contribution in [2.75, 3.05) is 6.61 Å². The molecule has 7 rings (SSSR count). The summed E-state index contributed by atoms with van der Waals surface area (Å²) < 4.78 is 224. The van der Waals surface area contributed by atoms with Gasteiger partial charge in [0, 0.05) is 5.92 Å². The van der Waals surface area contributed by atoms with Crippen molar-refractivity contribution in [2.45, 2.75) is 238 Å². The number of esters is 1. The summed E-state index contributed by atoms with van der Waals surface area (Å²) in [6.45, 7) is 16.4. The number of ketones is 1. The van der Waals surface area contributed by atoms with Crippen molar-refractivity contribution in [3.05, 3.63) is 11.6 Å². The largest absolute Gasteiger partial charge is 0.479 e. The summed E-state index contributed by atoms with van der Waals surface area (Å²) in [7, 11) is -30.3. The van der Waals surface area contributed by atoms with Gasteiger partial charge in [0.15, 0.2) is 36.7 Å². The third-order valence-corrected chi connectivity index (χ3v) is 23.0. The molecule has 0 amide bonds. The van der Waals surface area contributed by atoms with Crippen molar-refractivity contribution in [1.29, 1.82) is 0 Å². The van der Waals surface area contributed by atoms with Gasteiger partial charge in [0.2, 0.25) is 0 Å². The normalized spacial score (nSPS) is 39.3. The van der Waals surface area contributed by atoms with E-state index in [4.69, 9.17) is 27.9 Å². The van der Waals surface area contributed by atoms with Crippen LogP contribution in [0.3, 0.4) is 0 Å². The molecule has 19 atom stereocenters. The molecule has 7 aliphatic rings. The van der Waals surface area contributed by atoms with Crippen LogP contribution in [0.25, 0.3) is 0 Å². The first-order valence-electron chi connectivity index (χ1n) is 29.5. The second-order valence-electron chi connectivity index (χ2n) is 26.8. The standard InChI is InChI=1S/C53H84O31S5/c1-9-10-11-12-13-14-15-16-17-26-75-47(59)50(5)23-22-49(4)24-25-52(7)29(30(49)28-50)27-31(54)42-51(6)20-19-33(48(2,3)32(51)18-21-53(42,52)8)76-45-40(36(82-87(66,67)68)34(80-85(60,61)62)38(77-45)43(55)56)79-46-41(84-89(72,73)74)37(83-88(69,70)71)35(81-86(63,64)65)39(78-46)44(57)58/h27,30,32-42,45-46H,9-26,28H2,1-8H3,(H,55,56)(H,57,58)(H,60,61,62)(H,63,64,65)(H,66,67,68)(H,69,70,71)(H,72,73,74)/t30?,32?,33?,34-,35-,36-,37-,38-,39-,40+,41+,42?,45+,46-,49?,50-,51?,52+,53?/m0/s1. The average molecular weight is 1380 g/mol. The first-order valence-corrected chi connectivity index (χ1v) is 36.3. The van der Waals surface area contributed by atoms with Crippen LogP contribution in [-0.4, -0.2) is 173 Å². The summed E-state index contributed by atoms with van der Waals surface area (Å²) >= 11 is 0. The molecule has 0 bridgehead atoms. The maximum Gasteiger partial charge on any atom is 0.397 e. The Bertz CT molecular complexity index is 3260. The number of carbonyl (C=O) groups is 4. The van der Waals surface area contributed by atoms with E-state index in [1.165, 1.54) is 32.1 Å². The lowest BCUT2D eigenvalue weighted by Gasteiger charge is -2.70. The smallest absolute Gasteiger partial charge is 0.397 e. The van der Waals surface area contributed by atoms with Crippen molar-refractivity contribution in [1.82, 2.24) is 0 Å². The molecule has 0 spiro atoms. The Kier molecular flexibility index (Phi) is 22.0. The van der Waals surface area contributed by atoms with E-state index >= 15 is 4.79 Å². The van der Waals surface area contributed by atoms with Crippen molar-refractivity contribution in [3.63, 3.8) is 0 Å². The zero-order valence-corrected chi connectivity index (χ0v) is 54.6. The van der Waals surface area contributed by atoms with Gasteiger partial charge >= 0.3 is 69.9 Å². The Balaban J connectivity index is 1.22. The highest BCUT2D eigenvalue weighted by molar-refractivity contribution is 7.82. The number of carboxylic acid groups (broad SMARTS) is 2. The monoisotopic (exact) mass is 1380 g/mol. The van der Waals surface area contributed by atoms with E-state index in [-0.39, 0.29) is 35.9 Å². The molecule has 0 radical (unpaired) electrons. The van der Waals surface area contributed by atoms with Crippen LogP contribution < -0.4 is 0 Å². The molecule has 2 heterocycles. The zero-order valence-electron chi connectivity index (χ0n) is 50.6. The predicted octanol–water partition coefficient (Wildman–Crippen LogP) is 5.37. The van der Waals surface area contributed by atoms with Crippen LogP contribution in [0.5, 0.6) is 0 Å². The number of hydrogen-bond acceptors (Lipinski definition) is 24. The fourth-order valence-corrected chi connectivity index (χ4v) is 18.7. The quantitative estimate of drug-likeness (QED) is 0.0235. The number of aliphatic carboxylic acids is 2. The van der Waals surface area contributed by atoms with Gasteiger partial charge in [-0.2, -0.15) is 42.1 Å². The molecule has 31 nitrogen and oxygen atoms in total. The molecule has 0 aromatic heterocycles. The molecular weight excluding hydrogens is 1290 g/mol. The van der Waals surface area contributed by atoms with Gasteiger partial charge in [-0.1, -0.05) is 105 Å². The summed E-state index contributed by atoms with van der Waals surface area (Å²) in [6.07, 6.45) is -15.7. The fraction of sp³-hybridized carbons (Fsp3) is 0.887. The molecular formula is C53H84O31S5. The number of allylic oxidation sites excluding steroid dienone is 2. The molecule has 2 aliphatic heterocycles. The minimum absolute atomic E-state index is 0.0825. The van der Waals surface area contributed by atoms with Gasteiger partial charge in [-0.05, 0) is 116 Å². The maximum atomic E-state index is 15.4. The molecule has 0 aromatic rings. The van der Waals surface area contributed by atoms with E-state index in [0.29, 0.717) is 32.3 Å². The van der Waals surface area contributed by atoms with E-state index < -0.39 is 170 Å². The predicted molar refractivity (Wildman–Crippen MR) is 302 cm³/mol. The van der Waals surface area contributed by atoms with Gasteiger partial charge < -0.3 is 33.9 Å². The zero-order chi connectivity index (χ0) is 66.7. The lowest BCUT2D eigenvalue weighted by molar-refractivity contribution is -0.364. The van der Waals surface area contributed by atoms with Crippen molar-refractivity contribution >= 4 is 75.7 Å². The lowest BCUT2D eigenvalue weighted by atomic mass is 9.33. The van der Waals surface area contributed by atoms with Crippen molar-refractivity contribution < 1.29 is 139 Å². The number of unbranched alkanes of at least 4 members (excludes halogenated alkanes) is 8. The summed E-state index contributed by atoms with van der Waals surface area (Å²) in [4.78, 5) is 55.2. The second kappa shape index (κ2) is 26.7. The number of carbonyl (C=O) groups excluding carboxylic acids is 2. The van der Waals surface area contributed by atoms with Crippen LogP contribution in [0.4, 0.5) is 0 Å². The van der Waals surface area contributed by atoms with E-state index in [1.807, 2.05) is 13.8 Å². The third-order valence-electron chi connectivity index (χ3n) is 20.7. The number of carboxylic acids is 2. The fourth-order valence-electron chi connectivity index (χ4n) is 16.3. The topological polar surface area (TPSA) is 473 Å². The number of rotatable bonds is 27. The summed E-state index contributed by atoms with van der Waals surface area (Å²) in [6, 6.07) is 0. The highest BCUT2D eigenvalue weighted by atomic mass is 32.3. The van der Waals surface area contributed by atoms with Crippen molar-refractivity contribution in [2.24, 2.45) is 50.2 Å². The highest BCUT2D eigenvalue weighted by Gasteiger charge is 2.71. The number of hydrogen-bond donors (Lipinski definition) is 7. The summed E-state index contributed by atoms with van der Waals surface area (Å²) in [5.41, 5.74) is -3.36. The molecule has 7 N–H and O–H groups in total. The van der Waals surface area contributed by atoms with E-state index in [9.17, 15) is 89.4 Å². The Hall–Kier alpha value is -2.99. The number of fused-ring (bicyclic) bond motifs is 7. The van der Waals surface area contributed by atoms with E-state index in [2.05, 4.69) is 44.4 Å². The molecule has 4 saturated carbocycles. The molecule has 89 heavy (non-hydrogen) atoms. The van der Waals surface area contributed by atoms with Crippen LogP contribution >= 0.6 is 0 Å². The molecule has 0 aromatic carbocycles. The maximum absolute atomic E-state index is 15.4. The van der Waals surface area contributed by atoms with Crippen LogP contribution in [0.1, 0.15) is 171 Å². The molecule has 2 saturated heterocycles. The van der Waals surface area contributed by atoms with E-state index in [1.54, 1.807) is 19.9 Å². The van der Waals surface area contributed by atoms with E-state index in [0.717, 1.165) is 50.5 Å². The minimum atomic E-state index is -6.13. The Morgan fingerprint density at radius 3 is 1.49 bits per heavy atom. The van der Waals surface area contributed by atoms with Crippen LogP contribution in [0.2, 0.25) is 0 Å². The van der Waals surface area contributed by atoms with Gasteiger partial charge in [0.1, 0.15) is 30.5 Å². The van der Waals surface area contributed by atoms with Gasteiger partial charge in [-0.15, -0.1) is 0 Å².